The summed E-state index contributed by atoms with van der Waals surface area (Å²) >= 11 is 0. The molecule has 0 unspecified atom stereocenters. The topological polar surface area (TPSA) is 13.1 Å². The molecule has 0 atom stereocenters. The van der Waals surface area contributed by atoms with Gasteiger partial charge in [0.1, 0.15) is 11.2 Å². The van der Waals surface area contributed by atoms with E-state index in [9.17, 15) is 0 Å². The first kappa shape index (κ1) is 27.7. The van der Waals surface area contributed by atoms with Crippen LogP contribution in [0.3, 0.4) is 0 Å². The summed E-state index contributed by atoms with van der Waals surface area (Å²) in [4.78, 5) is 0. The molecular weight excluding hydrogens is 593 g/mol. The Morgan fingerprint density at radius 3 is 1.53 bits per heavy atom. The molecular formula is C48H30O. The number of fused-ring (bicyclic) bond motifs is 6. The van der Waals surface area contributed by atoms with E-state index in [1.54, 1.807) is 0 Å². The predicted molar refractivity (Wildman–Crippen MR) is 208 cm³/mol. The predicted octanol–water partition coefficient (Wildman–Crippen LogP) is 13.7. The van der Waals surface area contributed by atoms with E-state index in [1.807, 2.05) is 6.07 Å². The maximum atomic E-state index is 6.59. The fourth-order valence-electron chi connectivity index (χ4n) is 7.84. The van der Waals surface area contributed by atoms with Crippen molar-refractivity contribution < 1.29 is 4.42 Å². The van der Waals surface area contributed by atoms with Crippen molar-refractivity contribution in [1.29, 1.82) is 0 Å². The number of hydrogen-bond acceptors (Lipinski definition) is 1. The molecule has 9 aromatic carbocycles. The van der Waals surface area contributed by atoms with E-state index in [4.69, 9.17) is 4.42 Å². The minimum absolute atomic E-state index is 0.914. The van der Waals surface area contributed by atoms with E-state index >= 15 is 0 Å². The van der Waals surface area contributed by atoms with Gasteiger partial charge in [-0.1, -0.05) is 164 Å². The Morgan fingerprint density at radius 2 is 0.796 bits per heavy atom. The van der Waals surface area contributed by atoms with Crippen LogP contribution in [-0.2, 0) is 0 Å². The third-order valence-electron chi connectivity index (χ3n) is 10.1. The van der Waals surface area contributed by atoms with Gasteiger partial charge in [0.15, 0.2) is 0 Å². The van der Waals surface area contributed by atoms with Gasteiger partial charge in [-0.3, -0.25) is 0 Å². The van der Waals surface area contributed by atoms with Gasteiger partial charge in [0.2, 0.25) is 0 Å². The highest BCUT2D eigenvalue weighted by atomic mass is 16.3. The molecule has 0 amide bonds. The fraction of sp³-hybridized carbons (Fsp3) is 0. The van der Waals surface area contributed by atoms with Crippen molar-refractivity contribution in [1.82, 2.24) is 0 Å². The lowest BCUT2D eigenvalue weighted by Crippen LogP contribution is -1.92. The minimum Gasteiger partial charge on any atom is -0.455 e. The molecule has 1 nitrogen and oxygen atoms in total. The number of furan rings is 1. The Hall–Kier alpha value is -6.44. The van der Waals surface area contributed by atoms with E-state index in [2.05, 4.69) is 176 Å². The second kappa shape index (κ2) is 11.1. The van der Waals surface area contributed by atoms with E-state index in [-0.39, 0.29) is 0 Å². The summed E-state index contributed by atoms with van der Waals surface area (Å²) in [5, 5.41) is 9.66. The SMILES string of the molecule is c1ccc(-c2cccc(-c3ccc4c(-c5c6ccccc6c(-c6cccc7c6oc6ccccc67)c6ccccc56)cccc4c3)c2)cc1. The van der Waals surface area contributed by atoms with E-state index in [0.29, 0.717) is 0 Å². The summed E-state index contributed by atoms with van der Waals surface area (Å²) in [5.74, 6) is 0. The van der Waals surface area contributed by atoms with Crippen LogP contribution in [0.15, 0.2) is 186 Å². The molecule has 0 radical (unpaired) electrons. The maximum absolute atomic E-state index is 6.59. The second-order valence-corrected chi connectivity index (χ2v) is 12.8. The number of para-hydroxylation sites is 2. The molecule has 0 aliphatic heterocycles. The Bertz CT molecular complexity index is 2820. The number of hydrogen-bond donors (Lipinski definition) is 0. The highest BCUT2D eigenvalue weighted by Gasteiger charge is 2.21. The summed E-state index contributed by atoms with van der Waals surface area (Å²) < 4.78 is 6.59. The first-order valence-electron chi connectivity index (χ1n) is 16.8. The summed E-state index contributed by atoms with van der Waals surface area (Å²) in [7, 11) is 0. The molecule has 228 valence electrons. The molecule has 0 fully saturated rings. The molecule has 10 aromatic rings. The molecule has 1 aromatic heterocycles. The zero-order valence-corrected chi connectivity index (χ0v) is 26.7. The Kier molecular flexibility index (Phi) is 6.25. The van der Waals surface area contributed by atoms with Gasteiger partial charge in [0, 0.05) is 21.9 Å². The van der Waals surface area contributed by atoms with Gasteiger partial charge in [0.05, 0.1) is 0 Å². The van der Waals surface area contributed by atoms with Gasteiger partial charge in [-0.05, 0) is 83.9 Å². The van der Waals surface area contributed by atoms with Crippen molar-refractivity contribution in [3.63, 3.8) is 0 Å². The van der Waals surface area contributed by atoms with Crippen LogP contribution in [0.1, 0.15) is 0 Å². The van der Waals surface area contributed by atoms with Gasteiger partial charge < -0.3 is 4.42 Å². The lowest BCUT2D eigenvalue weighted by atomic mass is 9.84. The monoisotopic (exact) mass is 622 g/mol. The molecule has 1 heterocycles. The average molecular weight is 623 g/mol. The summed E-state index contributed by atoms with van der Waals surface area (Å²) in [6.07, 6.45) is 0. The molecule has 0 aliphatic rings. The second-order valence-electron chi connectivity index (χ2n) is 12.8. The van der Waals surface area contributed by atoms with Gasteiger partial charge in [-0.25, -0.2) is 0 Å². The van der Waals surface area contributed by atoms with Crippen LogP contribution in [-0.4, -0.2) is 0 Å². The lowest BCUT2D eigenvalue weighted by Gasteiger charge is -2.19. The quantitative estimate of drug-likeness (QED) is 0.178. The first-order chi connectivity index (χ1) is 24.3. The molecule has 49 heavy (non-hydrogen) atoms. The van der Waals surface area contributed by atoms with Crippen molar-refractivity contribution >= 4 is 54.3 Å². The number of benzene rings is 9. The highest BCUT2D eigenvalue weighted by molar-refractivity contribution is 6.25. The Balaban J connectivity index is 1.20. The standard InChI is InChI=1S/C48H30O/c1-2-13-31(14-3-1)32-15-10-16-33(29-32)34-27-28-36-35(30-34)17-11-23-38(36)46-39-19-4-6-21-41(39)47(42-22-7-5-20-40(42)46)44-25-12-24-43-37-18-8-9-26-45(37)49-48(43)44/h1-30H. The lowest BCUT2D eigenvalue weighted by molar-refractivity contribution is 0.670. The zero-order valence-electron chi connectivity index (χ0n) is 26.7. The van der Waals surface area contributed by atoms with Crippen molar-refractivity contribution in [2.45, 2.75) is 0 Å². The molecule has 0 spiro atoms. The van der Waals surface area contributed by atoms with Gasteiger partial charge in [-0.2, -0.15) is 0 Å². The van der Waals surface area contributed by atoms with Crippen LogP contribution in [0.25, 0.3) is 98.8 Å². The molecule has 0 bridgehead atoms. The fourth-order valence-corrected chi connectivity index (χ4v) is 7.84. The van der Waals surface area contributed by atoms with E-state index in [0.717, 1.165) is 27.5 Å². The van der Waals surface area contributed by atoms with Crippen LogP contribution in [0, 0.1) is 0 Å². The Labute approximate surface area is 284 Å². The first-order valence-corrected chi connectivity index (χ1v) is 16.8. The van der Waals surface area contributed by atoms with Crippen LogP contribution in [0.2, 0.25) is 0 Å². The molecule has 1 heteroatoms. The number of rotatable bonds is 4. The Morgan fingerprint density at radius 1 is 0.286 bits per heavy atom. The normalized spacial score (nSPS) is 11.7. The average Bonchev–Trinajstić information content (AvgIpc) is 3.56. The van der Waals surface area contributed by atoms with E-state index < -0.39 is 0 Å². The van der Waals surface area contributed by atoms with Crippen molar-refractivity contribution in [2.75, 3.05) is 0 Å². The maximum Gasteiger partial charge on any atom is 0.143 e. The summed E-state index contributed by atoms with van der Waals surface area (Å²) in [6, 6.07) is 65.7. The van der Waals surface area contributed by atoms with Gasteiger partial charge in [-0.15, -0.1) is 0 Å². The molecule has 10 rings (SSSR count). The van der Waals surface area contributed by atoms with Crippen molar-refractivity contribution in [3.05, 3.63) is 182 Å². The molecule has 0 saturated carbocycles. The van der Waals surface area contributed by atoms with Crippen molar-refractivity contribution in [2.24, 2.45) is 0 Å². The van der Waals surface area contributed by atoms with Gasteiger partial charge >= 0.3 is 0 Å². The third-order valence-corrected chi connectivity index (χ3v) is 10.1. The molecule has 0 N–H and O–H groups in total. The molecule has 0 aliphatic carbocycles. The van der Waals surface area contributed by atoms with Crippen LogP contribution in [0.4, 0.5) is 0 Å². The third kappa shape index (κ3) is 4.40. The van der Waals surface area contributed by atoms with Crippen LogP contribution >= 0.6 is 0 Å². The van der Waals surface area contributed by atoms with Crippen LogP contribution < -0.4 is 0 Å². The van der Waals surface area contributed by atoms with E-state index in [1.165, 1.54) is 71.3 Å². The van der Waals surface area contributed by atoms with Crippen LogP contribution in [0.5, 0.6) is 0 Å². The molecule has 0 saturated heterocycles. The summed E-state index contributed by atoms with van der Waals surface area (Å²) in [5.41, 5.74) is 11.6. The largest absolute Gasteiger partial charge is 0.455 e. The van der Waals surface area contributed by atoms with Crippen molar-refractivity contribution in [3.8, 4) is 44.5 Å². The smallest absolute Gasteiger partial charge is 0.143 e. The summed E-state index contributed by atoms with van der Waals surface area (Å²) in [6.45, 7) is 0. The zero-order chi connectivity index (χ0) is 32.3. The highest BCUT2D eigenvalue weighted by Crippen LogP contribution is 2.47. The van der Waals surface area contributed by atoms with Gasteiger partial charge in [0.25, 0.3) is 0 Å². The minimum atomic E-state index is 0.914.